The third kappa shape index (κ3) is 5.00. The molecule has 0 saturated carbocycles. The van der Waals surface area contributed by atoms with E-state index in [2.05, 4.69) is 20.6 Å². The van der Waals surface area contributed by atoms with Crippen LogP contribution in [0.2, 0.25) is 0 Å². The fourth-order valence-electron chi connectivity index (χ4n) is 3.82. The van der Waals surface area contributed by atoms with Gasteiger partial charge in [-0.25, -0.2) is 0 Å². The zero-order valence-electron chi connectivity index (χ0n) is 18.3. The molecule has 170 valence electrons. The first-order valence-electron chi connectivity index (χ1n) is 10.8. The molecular weight excluding hydrogens is 428 g/mol. The van der Waals surface area contributed by atoms with Crippen LogP contribution in [0.3, 0.4) is 0 Å². The Bertz CT molecular complexity index is 1180. The average molecular weight is 453 g/mol. The van der Waals surface area contributed by atoms with Crippen molar-refractivity contribution in [1.82, 2.24) is 20.6 Å². The first kappa shape index (κ1) is 22.8. The van der Waals surface area contributed by atoms with Gasteiger partial charge >= 0.3 is 0 Å². The van der Waals surface area contributed by atoms with Crippen molar-refractivity contribution in [2.24, 2.45) is 0 Å². The van der Waals surface area contributed by atoms with Crippen molar-refractivity contribution in [2.75, 3.05) is 6.54 Å². The molecule has 7 heteroatoms. The van der Waals surface area contributed by atoms with E-state index in [1.807, 2.05) is 36.4 Å². The Morgan fingerprint density at radius 1 is 0.794 bits per heavy atom. The molecule has 7 nitrogen and oxygen atoms in total. The van der Waals surface area contributed by atoms with Crippen LogP contribution in [0.5, 0.6) is 0 Å². The lowest BCUT2D eigenvalue weighted by molar-refractivity contribution is -0.122. The summed E-state index contributed by atoms with van der Waals surface area (Å²) in [4.78, 5) is 33.7. The Balaban J connectivity index is 1.66. The summed E-state index contributed by atoms with van der Waals surface area (Å²) in [6.45, 7) is -0.257. The highest BCUT2D eigenvalue weighted by molar-refractivity contribution is 5.96. The molecule has 0 bridgehead atoms. The Morgan fingerprint density at radius 2 is 1.35 bits per heavy atom. The van der Waals surface area contributed by atoms with Gasteiger partial charge in [0, 0.05) is 41.5 Å². The normalized spacial score (nSPS) is 11.9. The minimum atomic E-state index is -1.68. The van der Waals surface area contributed by atoms with Crippen LogP contribution >= 0.6 is 0 Å². The molecule has 34 heavy (non-hydrogen) atoms. The quantitative estimate of drug-likeness (QED) is 0.381. The standard InChI is InChI=1S/C27H24N4O3/c32-24(19-30-26(33)21-11-5-2-6-12-21)31-25(20-9-3-1-4-10-20)27(34,22-13-7-15-28-17-22)23-14-8-16-29-18-23/h1-18,25,34H,19H2,(H,30,33)(H,31,32)/t25-/m1/s1. The zero-order chi connectivity index (χ0) is 23.8. The highest BCUT2D eigenvalue weighted by Crippen LogP contribution is 2.40. The number of rotatable bonds is 8. The second kappa shape index (κ2) is 10.5. The fourth-order valence-corrected chi connectivity index (χ4v) is 3.82. The van der Waals surface area contributed by atoms with E-state index in [1.165, 1.54) is 0 Å². The van der Waals surface area contributed by atoms with Gasteiger partial charge in [0.1, 0.15) is 5.60 Å². The SMILES string of the molecule is O=C(CNC(=O)c1ccccc1)N[C@H](c1ccccc1)C(O)(c1cccnc1)c1cccnc1. The molecule has 0 saturated heterocycles. The summed E-state index contributed by atoms with van der Waals surface area (Å²) in [7, 11) is 0. The third-order valence-corrected chi connectivity index (χ3v) is 5.50. The average Bonchev–Trinajstić information content (AvgIpc) is 2.92. The van der Waals surface area contributed by atoms with E-state index in [0.717, 1.165) is 0 Å². The molecular formula is C27H24N4O3. The van der Waals surface area contributed by atoms with Crippen molar-refractivity contribution in [1.29, 1.82) is 0 Å². The Kier molecular flexibility index (Phi) is 7.05. The van der Waals surface area contributed by atoms with Crippen molar-refractivity contribution in [3.05, 3.63) is 132 Å². The maximum Gasteiger partial charge on any atom is 0.251 e. The lowest BCUT2D eigenvalue weighted by Crippen LogP contribution is -2.47. The van der Waals surface area contributed by atoms with Crippen molar-refractivity contribution < 1.29 is 14.7 Å². The number of carbonyl (C=O) groups is 2. The van der Waals surface area contributed by atoms with Gasteiger partial charge in [0.25, 0.3) is 5.91 Å². The number of carbonyl (C=O) groups excluding carboxylic acids is 2. The molecule has 0 aliphatic heterocycles. The number of amides is 2. The Morgan fingerprint density at radius 3 is 1.88 bits per heavy atom. The minimum Gasteiger partial charge on any atom is -0.378 e. The molecule has 0 fully saturated rings. The number of benzene rings is 2. The van der Waals surface area contributed by atoms with Gasteiger partial charge < -0.3 is 15.7 Å². The molecule has 0 radical (unpaired) electrons. The number of aliphatic hydroxyl groups is 1. The highest BCUT2D eigenvalue weighted by Gasteiger charge is 2.42. The maximum absolute atomic E-state index is 13.0. The van der Waals surface area contributed by atoms with E-state index in [9.17, 15) is 14.7 Å². The molecule has 3 N–H and O–H groups in total. The molecule has 0 unspecified atom stereocenters. The number of pyridine rings is 2. The minimum absolute atomic E-state index is 0.257. The van der Waals surface area contributed by atoms with Crippen LogP contribution < -0.4 is 10.6 Å². The largest absolute Gasteiger partial charge is 0.378 e. The van der Waals surface area contributed by atoms with E-state index in [0.29, 0.717) is 22.3 Å². The summed E-state index contributed by atoms with van der Waals surface area (Å²) in [6.07, 6.45) is 6.35. The number of hydrogen-bond acceptors (Lipinski definition) is 5. The predicted molar refractivity (Wildman–Crippen MR) is 128 cm³/mol. The highest BCUT2D eigenvalue weighted by atomic mass is 16.3. The summed E-state index contributed by atoms with van der Waals surface area (Å²) < 4.78 is 0. The van der Waals surface area contributed by atoms with Crippen molar-refractivity contribution >= 4 is 11.8 Å². The van der Waals surface area contributed by atoms with Gasteiger partial charge in [-0.15, -0.1) is 0 Å². The fraction of sp³-hybridized carbons (Fsp3) is 0.111. The summed E-state index contributed by atoms with van der Waals surface area (Å²) in [6, 6.07) is 23.9. The van der Waals surface area contributed by atoms with E-state index in [-0.39, 0.29) is 12.5 Å². The number of nitrogens with one attached hydrogen (secondary N) is 2. The molecule has 0 aliphatic rings. The van der Waals surface area contributed by atoms with Crippen LogP contribution in [0.1, 0.15) is 33.1 Å². The molecule has 0 spiro atoms. The van der Waals surface area contributed by atoms with Gasteiger partial charge in [-0.1, -0.05) is 60.7 Å². The van der Waals surface area contributed by atoms with Gasteiger partial charge in [0.15, 0.2) is 0 Å². The lowest BCUT2D eigenvalue weighted by Gasteiger charge is -2.37. The van der Waals surface area contributed by atoms with Gasteiger partial charge in [0.2, 0.25) is 5.91 Å². The van der Waals surface area contributed by atoms with E-state index < -0.39 is 17.6 Å². The predicted octanol–water partition coefficient (Wildman–Crippen LogP) is 3.00. The Labute approximate surface area is 197 Å². The van der Waals surface area contributed by atoms with Crippen LogP contribution in [0, 0.1) is 0 Å². The van der Waals surface area contributed by atoms with E-state index in [1.54, 1.807) is 73.3 Å². The lowest BCUT2D eigenvalue weighted by atomic mass is 9.78. The number of nitrogens with zero attached hydrogens (tertiary/aromatic N) is 2. The monoisotopic (exact) mass is 452 g/mol. The summed E-state index contributed by atoms with van der Waals surface area (Å²) in [5.74, 6) is -0.814. The molecule has 4 rings (SSSR count). The first-order chi connectivity index (χ1) is 16.6. The number of hydrogen-bond donors (Lipinski definition) is 3. The molecule has 2 heterocycles. The zero-order valence-corrected chi connectivity index (χ0v) is 18.3. The Hall–Kier alpha value is -4.36. The molecule has 2 aromatic carbocycles. The summed E-state index contributed by atoms with van der Waals surface area (Å²) in [5.41, 5.74) is 0.441. The van der Waals surface area contributed by atoms with Gasteiger partial charge in [-0.3, -0.25) is 19.6 Å². The topological polar surface area (TPSA) is 104 Å². The first-order valence-corrected chi connectivity index (χ1v) is 10.8. The van der Waals surface area contributed by atoms with Gasteiger partial charge in [0.05, 0.1) is 12.6 Å². The smallest absolute Gasteiger partial charge is 0.251 e. The molecule has 2 aromatic heterocycles. The van der Waals surface area contributed by atoms with Crippen LogP contribution in [-0.4, -0.2) is 33.4 Å². The van der Waals surface area contributed by atoms with E-state index in [4.69, 9.17) is 0 Å². The van der Waals surface area contributed by atoms with Crippen LogP contribution in [-0.2, 0) is 10.4 Å². The van der Waals surface area contributed by atoms with Gasteiger partial charge in [-0.2, -0.15) is 0 Å². The molecule has 4 aromatic rings. The number of aromatic nitrogens is 2. The molecule has 2 amide bonds. The molecule has 0 aliphatic carbocycles. The van der Waals surface area contributed by atoms with Crippen LogP contribution in [0.25, 0.3) is 0 Å². The second-order valence-electron chi connectivity index (χ2n) is 7.71. The van der Waals surface area contributed by atoms with Crippen molar-refractivity contribution in [3.8, 4) is 0 Å². The second-order valence-corrected chi connectivity index (χ2v) is 7.71. The van der Waals surface area contributed by atoms with Gasteiger partial charge in [-0.05, 0) is 29.8 Å². The van der Waals surface area contributed by atoms with Crippen molar-refractivity contribution in [3.63, 3.8) is 0 Å². The van der Waals surface area contributed by atoms with E-state index >= 15 is 0 Å². The van der Waals surface area contributed by atoms with Crippen LogP contribution in [0.15, 0.2) is 110 Å². The van der Waals surface area contributed by atoms with Crippen molar-refractivity contribution in [2.45, 2.75) is 11.6 Å². The summed E-state index contributed by atoms with van der Waals surface area (Å²) >= 11 is 0. The molecule has 1 atom stereocenters. The maximum atomic E-state index is 13.0. The summed E-state index contributed by atoms with van der Waals surface area (Å²) in [5, 5.41) is 17.7. The van der Waals surface area contributed by atoms with Crippen LogP contribution in [0.4, 0.5) is 0 Å². The third-order valence-electron chi connectivity index (χ3n) is 5.50.